The molecule has 0 heterocycles. The highest BCUT2D eigenvalue weighted by Gasteiger charge is 2.36. The number of ether oxygens (including phenoxy) is 1. The molecule has 0 unspecified atom stereocenters. The van der Waals surface area contributed by atoms with Crippen LogP contribution in [0.5, 0.6) is 0 Å². The standard InChI is InChI=1S/C15H21NO/c1-12-6-5-7-13(10-12)15(8-3-4-9-15)11-14(16)17-2/h5-7,10,16H,3-4,8-9,11H2,1-2H3. The third-order valence-corrected chi connectivity index (χ3v) is 3.94. The Hall–Kier alpha value is -1.31. The normalized spacial score (nSPS) is 18.0. The lowest BCUT2D eigenvalue weighted by molar-refractivity contribution is 0.350. The fourth-order valence-electron chi connectivity index (χ4n) is 2.97. The van der Waals surface area contributed by atoms with Gasteiger partial charge in [-0.15, -0.1) is 0 Å². The molecule has 0 spiro atoms. The van der Waals surface area contributed by atoms with E-state index in [1.54, 1.807) is 7.11 Å². The first-order valence-electron chi connectivity index (χ1n) is 6.35. The Morgan fingerprint density at radius 2 is 2.06 bits per heavy atom. The molecule has 0 aromatic heterocycles. The van der Waals surface area contributed by atoms with Crippen molar-refractivity contribution in [3.8, 4) is 0 Å². The highest BCUT2D eigenvalue weighted by molar-refractivity contribution is 5.74. The van der Waals surface area contributed by atoms with E-state index in [-0.39, 0.29) is 5.41 Å². The highest BCUT2D eigenvalue weighted by atomic mass is 16.5. The van der Waals surface area contributed by atoms with E-state index in [1.807, 2.05) is 0 Å². The van der Waals surface area contributed by atoms with E-state index in [4.69, 9.17) is 10.1 Å². The van der Waals surface area contributed by atoms with Crippen molar-refractivity contribution in [1.82, 2.24) is 0 Å². The molecule has 0 atom stereocenters. The van der Waals surface area contributed by atoms with Gasteiger partial charge in [0.1, 0.15) is 0 Å². The summed E-state index contributed by atoms with van der Waals surface area (Å²) in [6.07, 6.45) is 5.65. The van der Waals surface area contributed by atoms with E-state index in [0.29, 0.717) is 5.90 Å². The lowest BCUT2D eigenvalue weighted by Gasteiger charge is -2.29. The summed E-state index contributed by atoms with van der Waals surface area (Å²) in [5.41, 5.74) is 2.84. The van der Waals surface area contributed by atoms with Gasteiger partial charge in [0.25, 0.3) is 0 Å². The van der Waals surface area contributed by atoms with Gasteiger partial charge in [0.05, 0.1) is 7.11 Å². The predicted molar refractivity (Wildman–Crippen MR) is 70.7 cm³/mol. The summed E-state index contributed by atoms with van der Waals surface area (Å²) in [6.45, 7) is 2.13. The van der Waals surface area contributed by atoms with Gasteiger partial charge in [0.2, 0.25) is 0 Å². The van der Waals surface area contributed by atoms with Gasteiger partial charge in [0.15, 0.2) is 5.90 Å². The van der Waals surface area contributed by atoms with Crippen molar-refractivity contribution in [3.63, 3.8) is 0 Å². The predicted octanol–water partition coefficient (Wildman–Crippen LogP) is 3.82. The third kappa shape index (κ3) is 2.51. The van der Waals surface area contributed by atoms with E-state index in [9.17, 15) is 0 Å². The number of hydrogen-bond acceptors (Lipinski definition) is 2. The largest absolute Gasteiger partial charge is 0.484 e. The quantitative estimate of drug-likeness (QED) is 0.622. The molecule has 1 saturated carbocycles. The molecule has 0 bridgehead atoms. The lowest BCUT2D eigenvalue weighted by Crippen LogP contribution is -2.26. The molecule has 1 N–H and O–H groups in total. The van der Waals surface area contributed by atoms with Crippen molar-refractivity contribution in [1.29, 1.82) is 5.41 Å². The number of benzene rings is 1. The fourth-order valence-corrected chi connectivity index (χ4v) is 2.97. The summed E-state index contributed by atoms with van der Waals surface area (Å²) < 4.78 is 5.07. The van der Waals surface area contributed by atoms with Crippen molar-refractivity contribution in [2.75, 3.05) is 7.11 Å². The van der Waals surface area contributed by atoms with Gasteiger partial charge in [-0.3, -0.25) is 5.41 Å². The Kier molecular flexibility index (Phi) is 3.51. The van der Waals surface area contributed by atoms with Crippen LogP contribution < -0.4 is 0 Å². The SMILES string of the molecule is COC(=N)CC1(c2cccc(C)c2)CCCC1. The van der Waals surface area contributed by atoms with E-state index in [1.165, 1.54) is 36.8 Å². The molecule has 1 aromatic rings. The maximum atomic E-state index is 7.81. The van der Waals surface area contributed by atoms with Gasteiger partial charge in [-0.25, -0.2) is 0 Å². The van der Waals surface area contributed by atoms with Crippen LogP contribution in [0.2, 0.25) is 0 Å². The molecular weight excluding hydrogens is 210 g/mol. The average Bonchev–Trinajstić information content (AvgIpc) is 2.79. The van der Waals surface area contributed by atoms with Crippen molar-refractivity contribution >= 4 is 5.90 Å². The maximum absolute atomic E-state index is 7.81. The molecule has 0 aliphatic heterocycles. The first-order chi connectivity index (χ1) is 8.16. The number of hydrogen-bond donors (Lipinski definition) is 1. The number of methoxy groups -OCH3 is 1. The second-order valence-corrected chi connectivity index (χ2v) is 5.16. The summed E-state index contributed by atoms with van der Waals surface area (Å²) in [5, 5.41) is 7.81. The first kappa shape index (κ1) is 12.2. The molecule has 2 heteroatoms. The Morgan fingerprint density at radius 1 is 1.35 bits per heavy atom. The second-order valence-electron chi connectivity index (χ2n) is 5.16. The summed E-state index contributed by atoms with van der Waals surface area (Å²) in [4.78, 5) is 0. The zero-order valence-electron chi connectivity index (χ0n) is 10.8. The zero-order valence-corrected chi connectivity index (χ0v) is 10.8. The molecule has 1 fully saturated rings. The first-order valence-corrected chi connectivity index (χ1v) is 6.35. The van der Waals surface area contributed by atoms with E-state index < -0.39 is 0 Å². The van der Waals surface area contributed by atoms with Crippen LogP contribution in [0.15, 0.2) is 24.3 Å². The van der Waals surface area contributed by atoms with Gasteiger partial charge in [-0.1, -0.05) is 42.7 Å². The minimum atomic E-state index is 0.152. The van der Waals surface area contributed by atoms with E-state index in [0.717, 1.165) is 6.42 Å². The number of rotatable bonds is 3. The summed E-state index contributed by atoms with van der Waals surface area (Å²) in [5.74, 6) is 0.411. The molecule has 0 saturated heterocycles. The van der Waals surface area contributed by atoms with Crippen LogP contribution in [0.4, 0.5) is 0 Å². The summed E-state index contributed by atoms with van der Waals surface area (Å²) >= 11 is 0. The van der Waals surface area contributed by atoms with Crippen molar-refractivity contribution < 1.29 is 4.74 Å². The average molecular weight is 231 g/mol. The number of aryl methyl sites for hydroxylation is 1. The summed E-state index contributed by atoms with van der Waals surface area (Å²) in [6, 6.07) is 8.74. The van der Waals surface area contributed by atoms with Crippen LogP contribution in [-0.2, 0) is 10.2 Å². The van der Waals surface area contributed by atoms with Gasteiger partial charge in [0, 0.05) is 11.8 Å². The molecular formula is C15H21NO. The smallest absolute Gasteiger partial charge is 0.180 e. The summed E-state index contributed by atoms with van der Waals surface area (Å²) in [7, 11) is 1.60. The van der Waals surface area contributed by atoms with Gasteiger partial charge in [-0.05, 0) is 25.3 Å². The van der Waals surface area contributed by atoms with Gasteiger partial charge >= 0.3 is 0 Å². The fraction of sp³-hybridized carbons (Fsp3) is 0.533. The maximum Gasteiger partial charge on any atom is 0.180 e. The van der Waals surface area contributed by atoms with Crippen LogP contribution in [0.25, 0.3) is 0 Å². The van der Waals surface area contributed by atoms with E-state index in [2.05, 4.69) is 31.2 Å². The molecule has 2 nitrogen and oxygen atoms in total. The minimum absolute atomic E-state index is 0.152. The van der Waals surface area contributed by atoms with Crippen molar-refractivity contribution in [2.45, 2.75) is 44.4 Å². The van der Waals surface area contributed by atoms with Crippen molar-refractivity contribution in [3.05, 3.63) is 35.4 Å². The molecule has 0 amide bonds. The van der Waals surface area contributed by atoms with Crippen LogP contribution in [0.1, 0.15) is 43.2 Å². The van der Waals surface area contributed by atoms with Crippen LogP contribution in [-0.4, -0.2) is 13.0 Å². The number of nitrogens with one attached hydrogen (secondary N) is 1. The molecule has 1 aromatic carbocycles. The molecule has 1 aliphatic carbocycles. The van der Waals surface area contributed by atoms with E-state index >= 15 is 0 Å². The van der Waals surface area contributed by atoms with Gasteiger partial charge < -0.3 is 4.74 Å². The second kappa shape index (κ2) is 4.91. The highest BCUT2D eigenvalue weighted by Crippen LogP contribution is 2.44. The minimum Gasteiger partial charge on any atom is -0.484 e. The Bertz CT molecular complexity index is 405. The van der Waals surface area contributed by atoms with Crippen LogP contribution in [0.3, 0.4) is 0 Å². The van der Waals surface area contributed by atoms with Crippen molar-refractivity contribution in [2.24, 2.45) is 0 Å². The topological polar surface area (TPSA) is 33.1 Å². The van der Waals surface area contributed by atoms with Gasteiger partial charge in [-0.2, -0.15) is 0 Å². The zero-order chi connectivity index (χ0) is 12.3. The monoisotopic (exact) mass is 231 g/mol. The molecule has 0 radical (unpaired) electrons. The molecule has 2 rings (SSSR count). The Labute approximate surface area is 104 Å². The van der Waals surface area contributed by atoms with Crippen LogP contribution >= 0.6 is 0 Å². The third-order valence-electron chi connectivity index (χ3n) is 3.94. The Morgan fingerprint density at radius 3 is 2.65 bits per heavy atom. The molecule has 1 aliphatic rings. The lowest BCUT2D eigenvalue weighted by atomic mass is 9.75. The molecule has 17 heavy (non-hydrogen) atoms. The molecule has 92 valence electrons. The van der Waals surface area contributed by atoms with Crippen LogP contribution in [0, 0.1) is 12.3 Å². The Balaban J connectivity index is 2.30.